The predicted molar refractivity (Wildman–Crippen MR) is 80.8 cm³/mol. The fourth-order valence-electron chi connectivity index (χ4n) is 1.63. The van der Waals surface area contributed by atoms with E-state index in [0.717, 1.165) is 31.2 Å². The zero-order chi connectivity index (χ0) is 12.8. The van der Waals surface area contributed by atoms with Gasteiger partial charge in [0.05, 0.1) is 0 Å². The maximum absolute atomic E-state index is 4.48. The molecule has 0 amide bonds. The highest BCUT2D eigenvalue weighted by atomic mass is 32.1. The Bertz CT molecular complexity index is 451. The molecular weight excluding hydrogens is 262 g/mol. The van der Waals surface area contributed by atoms with E-state index in [0.29, 0.717) is 0 Å². The van der Waals surface area contributed by atoms with Crippen LogP contribution in [0.4, 0.5) is 5.13 Å². The van der Waals surface area contributed by atoms with Crippen LogP contribution in [-0.2, 0) is 13.0 Å². The van der Waals surface area contributed by atoms with Gasteiger partial charge in [-0.3, -0.25) is 0 Å². The molecule has 0 atom stereocenters. The van der Waals surface area contributed by atoms with Gasteiger partial charge < -0.3 is 10.2 Å². The van der Waals surface area contributed by atoms with Crippen LogP contribution in [0, 0.1) is 0 Å². The van der Waals surface area contributed by atoms with Crippen LogP contribution in [0.2, 0.25) is 0 Å². The number of anilines is 1. The minimum atomic E-state index is 0.924. The number of aromatic nitrogens is 1. The minimum absolute atomic E-state index is 0.924. The molecule has 0 aliphatic rings. The number of likely N-dealkylation sites (N-methyl/N-ethyl adjacent to an activating group) is 1. The first-order valence-electron chi connectivity index (χ1n) is 6.18. The third-order valence-corrected chi connectivity index (χ3v) is 4.74. The van der Waals surface area contributed by atoms with Crippen LogP contribution < -0.4 is 10.2 Å². The molecule has 2 heterocycles. The van der Waals surface area contributed by atoms with Gasteiger partial charge in [-0.2, -0.15) is 0 Å². The SMILES string of the molecule is CCNCc1cnc(N(C)CCc2cccs2)s1. The molecule has 0 spiro atoms. The largest absolute Gasteiger partial charge is 0.351 e. The molecule has 0 radical (unpaired) electrons. The summed E-state index contributed by atoms with van der Waals surface area (Å²) in [4.78, 5) is 9.45. The normalized spacial score (nSPS) is 10.8. The molecule has 0 unspecified atom stereocenters. The molecule has 5 heteroatoms. The average Bonchev–Trinajstić information content (AvgIpc) is 3.04. The van der Waals surface area contributed by atoms with E-state index >= 15 is 0 Å². The second-order valence-electron chi connectivity index (χ2n) is 4.14. The van der Waals surface area contributed by atoms with Crippen molar-refractivity contribution in [3.63, 3.8) is 0 Å². The van der Waals surface area contributed by atoms with E-state index in [1.165, 1.54) is 9.75 Å². The molecule has 0 fully saturated rings. The van der Waals surface area contributed by atoms with Gasteiger partial charge >= 0.3 is 0 Å². The monoisotopic (exact) mass is 281 g/mol. The number of thiazole rings is 1. The Morgan fingerprint density at radius 1 is 1.39 bits per heavy atom. The second-order valence-corrected chi connectivity index (χ2v) is 6.27. The predicted octanol–water partition coefficient (Wildman–Crippen LogP) is 2.99. The molecule has 0 aliphatic carbocycles. The number of thiophene rings is 1. The van der Waals surface area contributed by atoms with Gasteiger partial charge in [0.15, 0.2) is 5.13 Å². The maximum Gasteiger partial charge on any atom is 0.185 e. The topological polar surface area (TPSA) is 28.2 Å². The van der Waals surface area contributed by atoms with Crippen LogP contribution in [-0.4, -0.2) is 25.1 Å². The molecule has 2 aromatic heterocycles. The Labute approximate surface area is 116 Å². The first kappa shape index (κ1) is 13.5. The van der Waals surface area contributed by atoms with Crippen molar-refractivity contribution in [2.45, 2.75) is 19.9 Å². The van der Waals surface area contributed by atoms with E-state index in [-0.39, 0.29) is 0 Å². The van der Waals surface area contributed by atoms with Crippen molar-refractivity contribution in [3.8, 4) is 0 Å². The average molecular weight is 281 g/mol. The number of rotatable bonds is 7. The van der Waals surface area contributed by atoms with Crippen LogP contribution in [0.1, 0.15) is 16.7 Å². The van der Waals surface area contributed by atoms with Gasteiger partial charge in [0, 0.05) is 36.1 Å². The summed E-state index contributed by atoms with van der Waals surface area (Å²) < 4.78 is 0. The Hall–Kier alpha value is -0.910. The number of hydrogen-bond donors (Lipinski definition) is 1. The summed E-state index contributed by atoms with van der Waals surface area (Å²) in [5.74, 6) is 0. The summed E-state index contributed by atoms with van der Waals surface area (Å²) in [6.07, 6.45) is 3.07. The second kappa shape index (κ2) is 6.87. The van der Waals surface area contributed by atoms with Gasteiger partial charge in [-0.15, -0.1) is 22.7 Å². The molecule has 1 N–H and O–H groups in total. The molecular formula is C13H19N3S2. The fourth-order valence-corrected chi connectivity index (χ4v) is 3.20. The van der Waals surface area contributed by atoms with Gasteiger partial charge in [-0.25, -0.2) is 4.98 Å². The lowest BCUT2D eigenvalue weighted by Crippen LogP contribution is -2.19. The van der Waals surface area contributed by atoms with Crippen LogP contribution in [0.3, 0.4) is 0 Å². The van der Waals surface area contributed by atoms with Gasteiger partial charge in [0.2, 0.25) is 0 Å². The van der Waals surface area contributed by atoms with E-state index in [4.69, 9.17) is 0 Å². The summed E-state index contributed by atoms with van der Waals surface area (Å²) in [7, 11) is 2.11. The van der Waals surface area contributed by atoms with Crippen molar-refractivity contribution < 1.29 is 0 Å². The van der Waals surface area contributed by atoms with Crippen LogP contribution in [0.25, 0.3) is 0 Å². The lowest BCUT2D eigenvalue weighted by Gasteiger charge is -2.14. The standard InChI is InChI=1S/C13H19N3S2/c1-3-14-9-12-10-15-13(18-12)16(2)7-6-11-5-4-8-17-11/h4-5,8,10,14H,3,6-7,9H2,1-2H3. The highest BCUT2D eigenvalue weighted by Crippen LogP contribution is 2.21. The summed E-state index contributed by atoms with van der Waals surface area (Å²) in [5.41, 5.74) is 0. The van der Waals surface area contributed by atoms with Gasteiger partial charge in [0.1, 0.15) is 0 Å². The van der Waals surface area contributed by atoms with E-state index in [1.807, 2.05) is 17.5 Å². The molecule has 2 aromatic rings. The Morgan fingerprint density at radius 3 is 3.00 bits per heavy atom. The Balaban J connectivity index is 1.84. The number of nitrogens with zero attached hydrogens (tertiary/aromatic N) is 2. The van der Waals surface area contributed by atoms with E-state index < -0.39 is 0 Å². The third kappa shape index (κ3) is 3.80. The van der Waals surface area contributed by atoms with Crippen molar-refractivity contribution in [2.75, 3.05) is 25.0 Å². The van der Waals surface area contributed by atoms with E-state index in [9.17, 15) is 0 Å². The molecule has 0 aromatic carbocycles. The molecule has 0 bridgehead atoms. The van der Waals surface area contributed by atoms with Gasteiger partial charge in [-0.05, 0) is 24.4 Å². The molecule has 3 nitrogen and oxygen atoms in total. The van der Waals surface area contributed by atoms with Gasteiger partial charge in [-0.1, -0.05) is 13.0 Å². The van der Waals surface area contributed by atoms with Crippen molar-refractivity contribution in [1.29, 1.82) is 0 Å². The molecule has 2 rings (SSSR count). The number of hydrogen-bond acceptors (Lipinski definition) is 5. The molecule has 0 saturated heterocycles. The van der Waals surface area contributed by atoms with Crippen LogP contribution in [0.5, 0.6) is 0 Å². The smallest absolute Gasteiger partial charge is 0.185 e. The lowest BCUT2D eigenvalue weighted by atomic mass is 10.3. The minimum Gasteiger partial charge on any atom is -0.351 e. The van der Waals surface area contributed by atoms with E-state index in [1.54, 1.807) is 11.3 Å². The molecule has 0 aliphatic heterocycles. The highest BCUT2D eigenvalue weighted by molar-refractivity contribution is 7.15. The lowest BCUT2D eigenvalue weighted by molar-refractivity contribution is 0.734. The zero-order valence-corrected chi connectivity index (χ0v) is 12.5. The summed E-state index contributed by atoms with van der Waals surface area (Å²) in [5, 5.41) is 6.57. The Kier molecular flexibility index (Phi) is 5.16. The summed E-state index contributed by atoms with van der Waals surface area (Å²) >= 11 is 3.60. The molecule has 18 heavy (non-hydrogen) atoms. The quantitative estimate of drug-likeness (QED) is 0.845. The molecule has 98 valence electrons. The molecule has 0 saturated carbocycles. The summed E-state index contributed by atoms with van der Waals surface area (Å²) in [6.45, 7) is 5.07. The third-order valence-electron chi connectivity index (χ3n) is 2.69. The fraction of sp³-hybridized carbons (Fsp3) is 0.462. The van der Waals surface area contributed by atoms with Crippen molar-refractivity contribution >= 4 is 27.8 Å². The van der Waals surface area contributed by atoms with Gasteiger partial charge in [0.25, 0.3) is 0 Å². The summed E-state index contributed by atoms with van der Waals surface area (Å²) in [6, 6.07) is 4.30. The zero-order valence-electron chi connectivity index (χ0n) is 10.8. The number of nitrogens with one attached hydrogen (secondary N) is 1. The Morgan fingerprint density at radius 2 is 2.28 bits per heavy atom. The van der Waals surface area contributed by atoms with E-state index in [2.05, 4.69) is 46.7 Å². The van der Waals surface area contributed by atoms with Crippen molar-refractivity contribution in [3.05, 3.63) is 33.5 Å². The first-order valence-corrected chi connectivity index (χ1v) is 7.88. The highest BCUT2D eigenvalue weighted by Gasteiger charge is 2.07. The van der Waals surface area contributed by atoms with Crippen molar-refractivity contribution in [1.82, 2.24) is 10.3 Å². The first-order chi connectivity index (χ1) is 8.79. The van der Waals surface area contributed by atoms with Crippen LogP contribution >= 0.6 is 22.7 Å². The maximum atomic E-state index is 4.48. The van der Waals surface area contributed by atoms with Crippen LogP contribution in [0.15, 0.2) is 23.7 Å². The van der Waals surface area contributed by atoms with Crippen molar-refractivity contribution in [2.24, 2.45) is 0 Å².